The fourth-order valence-electron chi connectivity index (χ4n) is 2.60. The summed E-state index contributed by atoms with van der Waals surface area (Å²) < 4.78 is 26.2. The van der Waals surface area contributed by atoms with E-state index in [2.05, 4.69) is 10.3 Å². The van der Waals surface area contributed by atoms with E-state index >= 15 is 0 Å². The first-order chi connectivity index (χ1) is 11.0. The minimum atomic E-state index is -0.893. The predicted octanol–water partition coefficient (Wildman–Crippen LogP) is 1.40. The second-order valence-electron chi connectivity index (χ2n) is 5.46. The first kappa shape index (κ1) is 16.0. The van der Waals surface area contributed by atoms with Crippen LogP contribution in [0.15, 0.2) is 29.1 Å². The molecule has 1 aromatic heterocycles. The number of thiazole rings is 1. The van der Waals surface area contributed by atoms with E-state index in [0.717, 1.165) is 12.1 Å². The number of carbonyl (C=O) groups is 1. The number of rotatable bonds is 4. The van der Waals surface area contributed by atoms with Crippen molar-refractivity contribution in [2.75, 3.05) is 13.1 Å². The smallest absolute Gasteiger partial charge is 0.271 e. The summed E-state index contributed by atoms with van der Waals surface area (Å²) in [6.07, 6.45) is -0.720. The van der Waals surface area contributed by atoms with Crippen LogP contribution in [0.2, 0.25) is 0 Å². The number of aliphatic hydroxyl groups is 1. The predicted molar refractivity (Wildman–Crippen MR) is 81.0 cm³/mol. The molecule has 1 amide bonds. The summed E-state index contributed by atoms with van der Waals surface area (Å²) in [6.45, 7) is 1.15. The highest BCUT2D eigenvalue weighted by Crippen LogP contribution is 2.16. The summed E-state index contributed by atoms with van der Waals surface area (Å²) in [5.41, 5.74) is 2.50. The van der Waals surface area contributed by atoms with Gasteiger partial charge in [0.05, 0.1) is 17.7 Å². The molecule has 122 valence electrons. The van der Waals surface area contributed by atoms with Crippen molar-refractivity contribution >= 4 is 17.2 Å². The molecule has 3 rings (SSSR count). The lowest BCUT2D eigenvalue weighted by Crippen LogP contribution is -2.42. The van der Waals surface area contributed by atoms with Gasteiger partial charge in [0.2, 0.25) is 0 Å². The standard InChI is InChI=1S/C15H15F2N3O2S/c16-10-2-1-9(3-11(10)17)4-20-5-12(14(21)6-20)19-15(22)13-7-23-8-18-13/h1-3,7-8,12,14,21H,4-6H2,(H,19,22)/t12-,14-/m1/s1. The monoisotopic (exact) mass is 339 g/mol. The van der Waals surface area contributed by atoms with E-state index in [-0.39, 0.29) is 5.91 Å². The van der Waals surface area contributed by atoms with E-state index in [1.807, 2.05) is 4.90 Å². The molecule has 0 unspecified atom stereocenters. The van der Waals surface area contributed by atoms with Crippen molar-refractivity contribution in [1.29, 1.82) is 0 Å². The highest BCUT2D eigenvalue weighted by molar-refractivity contribution is 7.07. The number of aliphatic hydroxyl groups excluding tert-OH is 1. The number of hydrogen-bond donors (Lipinski definition) is 2. The van der Waals surface area contributed by atoms with E-state index < -0.39 is 23.8 Å². The van der Waals surface area contributed by atoms with Crippen molar-refractivity contribution in [1.82, 2.24) is 15.2 Å². The lowest BCUT2D eigenvalue weighted by atomic mass is 10.2. The van der Waals surface area contributed by atoms with Crippen LogP contribution in [0.3, 0.4) is 0 Å². The van der Waals surface area contributed by atoms with Crippen molar-refractivity contribution in [2.24, 2.45) is 0 Å². The molecule has 0 bridgehead atoms. The van der Waals surface area contributed by atoms with Gasteiger partial charge in [-0.25, -0.2) is 13.8 Å². The van der Waals surface area contributed by atoms with Crippen LogP contribution in [0.5, 0.6) is 0 Å². The van der Waals surface area contributed by atoms with Gasteiger partial charge in [0, 0.05) is 25.0 Å². The molecule has 1 fully saturated rings. The van der Waals surface area contributed by atoms with Crippen molar-refractivity contribution in [3.8, 4) is 0 Å². The fourth-order valence-corrected chi connectivity index (χ4v) is 3.13. The highest BCUT2D eigenvalue weighted by atomic mass is 32.1. The zero-order valence-corrected chi connectivity index (χ0v) is 12.9. The number of nitrogens with one attached hydrogen (secondary N) is 1. The van der Waals surface area contributed by atoms with E-state index in [0.29, 0.717) is 30.9 Å². The number of carbonyl (C=O) groups excluding carboxylic acids is 1. The molecule has 1 saturated heterocycles. The van der Waals surface area contributed by atoms with Crippen molar-refractivity contribution < 1.29 is 18.7 Å². The van der Waals surface area contributed by atoms with Crippen LogP contribution < -0.4 is 5.32 Å². The second-order valence-corrected chi connectivity index (χ2v) is 6.18. The maximum absolute atomic E-state index is 13.2. The number of hydrogen-bond acceptors (Lipinski definition) is 5. The minimum absolute atomic E-state index is 0.321. The summed E-state index contributed by atoms with van der Waals surface area (Å²) in [6, 6.07) is 3.31. The number of nitrogens with zero attached hydrogens (tertiary/aromatic N) is 2. The molecule has 0 saturated carbocycles. The highest BCUT2D eigenvalue weighted by Gasteiger charge is 2.32. The molecule has 0 spiro atoms. The quantitative estimate of drug-likeness (QED) is 0.884. The van der Waals surface area contributed by atoms with Gasteiger partial charge in [0.25, 0.3) is 5.91 Å². The van der Waals surface area contributed by atoms with Gasteiger partial charge >= 0.3 is 0 Å². The third kappa shape index (κ3) is 3.72. The van der Waals surface area contributed by atoms with Crippen molar-refractivity contribution in [3.05, 3.63) is 52.0 Å². The SMILES string of the molecule is O=C(N[C@@H]1CN(Cc2ccc(F)c(F)c2)C[C@H]1O)c1cscn1. The van der Waals surface area contributed by atoms with Gasteiger partial charge in [-0.1, -0.05) is 6.07 Å². The number of β-amino-alcohol motifs (C(OH)–C–C–N with tert-alkyl or cyclic N) is 1. The molecule has 8 heteroatoms. The van der Waals surface area contributed by atoms with Gasteiger partial charge in [-0.3, -0.25) is 9.69 Å². The number of benzene rings is 1. The molecular weight excluding hydrogens is 324 g/mol. The van der Waals surface area contributed by atoms with Gasteiger partial charge < -0.3 is 10.4 Å². The molecule has 2 aromatic rings. The molecular formula is C15H15F2N3O2S. The van der Waals surface area contributed by atoms with Crippen LogP contribution in [0.4, 0.5) is 8.78 Å². The summed E-state index contributed by atoms with van der Waals surface area (Å²) in [4.78, 5) is 17.8. The Morgan fingerprint density at radius 1 is 1.39 bits per heavy atom. The van der Waals surface area contributed by atoms with Crippen LogP contribution in [-0.2, 0) is 6.54 Å². The molecule has 1 aliphatic heterocycles. The number of amides is 1. The number of aromatic nitrogens is 1. The Kier molecular flexibility index (Phi) is 4.65. The summed E-state index contributed by atoms with van der Waals surface area (Å²) in [5.74, 6) is -2.11. The van der Waals surface area contributed by atoms with Gasteiger partial charge in [0.15, 0.2) is 11.6 Å². The Balaban J connectivity index is 1.59. The molecule has 0 radical (unpaired) electrons. The lowest BCUT2D eigenvalue weighted by Gasteiger charge is -2.16. The Labute approximate surface area is 135 Å². The first-order valence-electron chi connectivity index (χ1n) is 7.06. The molecule has 2 N–H and O–H groups in total. The van der Waals surface area contributed by atoms with Gasteiger partial charge in [-0.05, 0) is 17.7 Å². The number of likely N-dealkylation sites (tertiary alicyclic amines) is 1. The molecule has 1 aliphatic rings. The minimum Gasteiger partial charge on any atom is -0.390 e. The Morgan fingerprint density at radius 3 is 2.91 bits per heavy atom. The average molecular weight is 339 g/mol. The van der Waals surface area contributed by atoms with Crippen molar-refractivity contribution in [2.45, 2.75) is 18.7 Å². The summed E-state index contributed by atoms with van der Waals surface area (Å²) in [5, 5.41) is 14.5. The molecule has 5 nitrogen and oxygen atoms in total. The van der Waals surface area contributed by atoms with E-state index in [9.17, 15) is 18.7 Å². The topological polar surface area (TPSA) is 65.5 Å². The third-order valence-electron chi connectivity index (χ3n) is 3.74. The van der Waals surface area contributed by atoms with Crippen LogP contribution in [0.1, 0.15) is 16.1 Å². The zero-order chi connectivity index (χ0) is 16.4. The van der Waals surface area contributed by atoms with Crippen molar-refractivity contribution in [3.63, 3.8) is 0 Å². The second kappa shape index (κ2) is 6.69. The fraction of sp³-hybridized carbons (Fsp3) is 0.333. The Hall–Kier alpha value is -1.90. The van der Waals surface area contributed by atoms with Gasteiger partial charge in [-0.15, -0.1) is 11.3 Å². The van der Waals surface area contributed by atoms with E-state index in [4.69, 9.17) is 0 Å². The largest absolute Gasteiger partial charge is 0.390 e. The normalized spacial score (nSPS) is 21.5. The zero-order valence-electron chi connectivity index (χ0n) is 12.1. The van der Waals surface area contributed by atoms with E-state index in [1.54, 1.807) is 10.9 Å². The lowest BCUT2D eigenvalue weighted by molar-refractivity contribution is 0.0884. The maximum atomic E-state index is 13.2. The van der Waals surface area contributed by atoms with Crippen LogP contribution >= 0.6 is 11.3 Å². The maximum Gasteiger partial charge on any atom is 0.271 e. The third-order valence-corrected chi connectivity index (χ3v) is 4.32. The average Bonchev–Trinajstić information content (AvgIpc) is 3.14. The number of halogens is 2. The van der Waals surface area contributed by atoms with Crippen LogP contribution in [0, 0.1) is 11.6 Å². The molecule has 2 atom stereocenters. The summed E-state index contributed by atoms with van der Waals surface area (Å²) in [7, 11) is 0. The summed E-state index contributed by atoms with van der Waals surface area (Å²) >= 11 is 1.32. The first-order valence-corrected chi connectivity index (χ1v) is 8.00. The Bertz CT molecular complexity index is 696. The molecule has 1 aromatic carbocycles. The molecule has 2 heterocycles. The molecule has 23 heavy (non-hydrogen) atoms. The van der Waals surface area contributed by atoms with Gasteiger partial charge in [-0.2, -0.15) is 0 Å². The van der Waals surface area contributed by atoms with Crippen LogP contribution in [0.25, 0.3) is 0 Å². The Morgan fingerprint density at radius 2 is 2.22 bits per heavy atom. The van der Waals surface area contributed by atoms with E-state index in [1.165, 1.54) is 17.4 Å². The van der Waals surface area contributed by atoms with Crippen LogP contribution in [-0.4, -0.2) is 46.1 Å². The molecule has 0 aliphatic carbocycles. The van der Waals surface area contributed by atoms with Gasteiger partial charge in [0.1, 0.15) is 5.69 Å².